The summed E-state index contributed by atoms with van der Waals surface area (Å²) >= 11 is 6.69. The summed E-state index contributed by atoms with van der Waals surface area (Å²) in [4.78, 5) is 31.5. The van der Waals surface area contributed by atoms with E-state index in [1.165, 1.54) is 108 Å². The van der Waals surface area contributed by atoms with Crippen molar-refractivity contribution < 1.29 is 22.7 Å². The minimum atomic E-state index is -3.72. The molecule has 0 saturated carbocycles. The lowest BCUT2D eigenvalue weighted by Crippen LogP contribution is -2.30. The zero-order chi connectivity index (χ0) is 34.9. The molecule has 48 heavy (non-hydrogen) atoms. The molecule has 0 radical (unpaired) electrons. The molecule has 1 amide bonds. The summed E-state index contributed by atoms with van der Waals surface area (Å²) in [6.45, 7) is 3.67. The molecule has 0 aliphatic heterocycles. The van der Waals surface area contributed by atoms with Crippen molar-refractivity contribution in [3.63, 3.8) is 0 Å². The van der Waals surface area contributed by atoms with Crippen LogP contribution in [0.15, 0.2) is 52.2 Å². The molecule has 0 aliphatic carbocycles. The van der Waals surface area contributed by atoms with Gasteiger partial charge in [0.05, 0.1) is 28.6 Å². The van der Waals surface area contributed by atoms with E-state index in [9.17, 15) is 18.0 Å². The smallest absolute Gasteiger partial charge is 0.261 e. The van der Waals surface area contributed by atoms with Gasteiger partial charge in [0, 0.05) is 39.9 Å². The number of ether oxygens (including phenoxy) is 2. The van der Waals surface area contributed by atoms with Gasteiger partial charge in [0.1, 0.15) is 11.6 Å². The van der Waals surface area contributed by atoms with Crippen LogP contribution in [0.2, 0.25) is 0 Å². The maximum atomic E-state index is 13.5. The second kappa shape index (κ2) is 20.5. The first-order valence-corrected chi connectivity index (χ1v) is 19.1. The van der Waals surface area contributed by atoms with E-state index in [1.807, 2.05) is 0 Å². The Morgan fingerprint density at radius 1 is 0.917 bits per heavy atom. The Kier molecular flexibility index (Phi) is 16.9. The lowest BCUT2D eigenvalue weighted by atomic mass is 10.1. The predicted octanol–water partition coefficient (Wildman–Crippen LogP) is 7.68. The van der Waals surface area contributed by atoms with Crippen LogP contribution in [-0.2, 0) is 26.1 Å². The third-order valence-corrected chi connectivity index (χ3v) is 10.6. The van der Waals surface area contributed by atoms with Crippen LogP contribution in [0.3, 0.4) is 0 Å². The number of anilines is 1. The molecule has 0 aliphatic rings. The van der Waals surface area contributed by atoms with Gasteiger partial charge < -0.3 is 14.8 Å². The summed E-state index contributed by atoms with van der Waals surface area (Å²) in [5, 5.41) is 1.81. The van der Waals surface area contributed by atoms with Crippen LogP contribution in [0.5, 0.6) is 5.75 Å². The molecule has 0 spiro atoms. The third kappa shape index (κ3) is 11.6. The number of benzene rings is 2. The van der Waals surface area contributed by atoms with Gasteiger partial charge in [0.2, 0.25) is 15.9 Å². The normalized spacial score (nSPS) is 12.5. The molecule has 2 aromatic carbocycles. The van der Waals surface area contributed by atoms with Crippen molar-refractivity contribution in [1.29, 1.82) is 0 Å². The van der Waals surface area contributed by atoms with Crippen molar-refractivity contribution in [2.45, 2.75) is 107 Å². The zero-order valence-electron chi connectivity index (χ0n) is 29.0. The summed E-state index contributed by atoms with van der Waals surface area (Å²) in [5.74, 6) is -0.383. The van der Waals surface area contributed by atoms with Crippen LogP contribution in [0.25, 0.3) is 10.9 Å². The van der Waals surface area contributed by atoms with E-state index in [0.717, 1.165) is 17.1 Å². The Bertz CT molecular complexity index is 1610. The van der Waals surface area contributed by atoms with Crippen LogP contribution in [0, 0.1) is 0 Å². The van der Waals surface area contributed by atoms with Crippen molar-refractivity contribution >= 4 is 44.1 Å². The minimum absolute atomic E-state index is 0.0100. The molecule has 0 saturated heterocycles. The number of carbonyl (C=O) groups excluding carboxylic acids is 1. The number of nitrogens with one attached hydrogen (secondary N) is 1. The molecule has 3 rings (SSSR count). The number of para-hydroxylation sites is 1. The van der Waals surface area contributed by atoms with Crippen molar-refractivity contribution in [3.8, 4) is 5.75 Å². The van der Waals surface area contributed by atoms with E-state index in [-0.39, 0.29) is 34.3 Å². The molecule has 1 aromatic heterocycles. The molecule has 12 heteroatoms. The number of nitrogens with zero attached hydrogens (tertiary/aromatic N) is 3. The van der Waals surface area contributed by atoms with Gasteiger partial charge in [0.15, 0.2) is 5.38 Å². The lowest BCUT2D eigenvalue weighted by molar-refractivity contribution is -0.116. The highest BCUT2D eigenvalue weighted by molar-refractivity contribution is 7.89. The van der Waals surface area contributed by atoms with E-state index in [0.29, 0.717) is 30.5 Å². The van der Waals surface area contributed by atoms with E-state index in [1.54, 1.807) is 24.3 Å². The highest BCUT2D eigenvalue weighted by atomic mass is 35.5. The highest BCUT2D eigenvalue weighted by Crippen LogP contribution is 2.30. The number of halogens is 1. The van der Waals surface area contributed by atoms with E-state index in [2.05, 4.69) is 17.2 Å². The Morgan fingerprint density at radius 3 is 2.15 bits per heavy atom. The quantitative estimate of drug-likeness (QED) is 0.0794. The molecule has 266 valence electrons. The predicted molar refractivity (Wildman–Crippen MR) is 194 cm³/mol. The number of sulfonamides is 1. The summed E-state index contributed by atoms with van der Waals surface area (Å²) in [5.41, 5.74) is 0.379. The fourth-order valence-corrected chi connectivity index (χ4v) is 6.66. The number of aromatic nitrogens is 2. The first-order chi connectivity index (χ1) is 23.1. The van der Waals surface area contributed by atoms with Crippen LogP contribution in [0.4, 0.5) is 5.69 Å². The number of hydrogen-bond donors (Lipinski definition) is 1. The van der Waals surface area contributed by atoms with Crippen molar-refractivity contribution in [2.75, 3.05) is 39.7 Å². The molecule has 10 nitrogen and oxygen atoms in total. The zero-order valence-corrected chi connectivity index (χ0v) is 30.6. The maximum absolute atomic E-state index is 13.5. The molecule has 1 heterocycles. The first kappa shape index (κ1) is 39.4. The van der Waals surface area contributed by atoms with Crippen LogP contribution in [0.1, 0.15) is 102 Å². The van der Waals surface area contributed by atoms with Gasteiger partial charge >= 0.3 is 0 Å². The summed E-state index contributed by atoms with van der Waals surface area (Å²) in [6, 6.07) is 11.1. The van der Waals surface area contributed by atoms with Gasteiger partial charge in [-0.05, 0) is 37.1 Å². The Morgan fingerprint density at radius 2 is 1.52 bits per heavy atom. The van der Waals surface area contributed by atoms with E-state index in [4.69, 9.17) is 21.1 Å². The molecular weight excluding hydrogens is 652 g/mol. The fourth-order valence-electron chi connectivity index (χ4n) is 5.53. The number of fused-ring (bicyclic) bond motifs is 1. The number of carbonyl (C=O) groups is 1. The SMILES string of the molecule is CCCCCCCCCCCCCCOCCCn1c(C(Cl)C(=O)Nc2ccc(S(=O)(=O)N(C)C)cc2OC)nc2ccccc2c1=O. The average molecular weight is 705 g/mol. The monoisotopic (exact) mass is 704 g/mol. The first-order valence-electron chi connectivity index (χ1n) is 17.2. The largest absolute Gasteiger partial charge is 0.495 e. The Hall–Kier alpha value is -2.99. The Balaban J connectivity index is 1.55. The molecule has 3 aromatic rings. The van der Waals surface area contributed by atoms with E-state index >= 15 is 0 Å². The number of hydrogen-bond acceptors (Lipinski definition) is 7. The van der Waals surface area contributed by atoms with Gasteiger partial charge in [-0.2, -0.15) is 0 Å². The second-order valence-electron chi connectivity index (χ2n) is 12.3. The van der Waals surface area contributed by atoms with Crippen LogP contribution in [-0.4, -0.2) is 62.6 Å². The summed E-state index contributed by atoms with van der Waals surface area (Å²) in [6.07, 6.45) is 16.0. The lowest BCUT2D eigenvalue weighted by Gasteiger charge is -2.18. The number of rotatable bonds is 23. The molecule has 1 unspecified atom stereocenters. The standard InChI is InChI=1S/C36H53ClN4O6S/c1-5-6-7-8-9-10-11-12-13-14-15-18-25-47-26-19-24-41-34(38-30-21-17-16-20-29(30)36(41)43)33(37)35(42)39-31-23-22-28(27-32(31)46-4)48(44,45)40(2)3/h16-17,20-23,27,33H,5-15,18-19,24-26H2,1-4H3,(H,39,42). The highest BCUT2D eigenvalue weighted by Gasteiger charge is 2.26. The van der Waals surface area contributed by atoms with Crippen molar-refractivity contribution in [3.05, 3.63) is 58.6 Å². The van der Waals surface area contributed by atoms with Gasteiger partial charge in [0.25, 0.3) is 5.56 Å². The molecule has 1 atom stereocenters. The summed E-state index contributed by atoms with van der Waals surface area (Å²) in [7, 11) is 0.514. The van der Waals surface area contributed by atoms with Gasteiger partial charge in [-0.3, -0.25) is 14.2 Å². The number of unbranched alkanes of at least 4 members (excludes halogenated alkanes) is 11. The molecule has 0 fully saturated rings. The fraction of sp³-hybridized carbons (Fsp3) is 0.583. The van der Waals surface area contributed by atoms with Crippen LogP contribution < -0.4 is 15.6 Å². The van der Waals surface area contributed by atoms with Crippen molar-refractivity contribution in [1.82, 2.24) is 13.9 Å². The minimum Gasteiger partial charge on any atom is -0.495 e. The van der Waals surface area contributed by atoms with Gasteiger partial charge in [-0.1, -0.05) is 89.7 Å². The summed E-state index contributed by atoms with van der Waals surface area (Å²) < 4.78 is 38.9. The third-order valence-electron chi connectivity index (χ3n) is 8.37. The average Bonchev–Trinajstić information content (AvgIpc) is 3.08. The van der Waals surface area contributed by atoms with E-state index < -0.39 is 21.3 Å². The number of alkyl halides is 1. The van der Waals surface area contributed by atoms with Gasteiger partial charge in [-0.25, -0.2) is 17.7 Å². The number of methoxy groups -OCH3 is 1. The topological polar surface area (TPSA) is 120 Å². The van der Waals surface area contributed by atoms with Crippen molar-refractivity contribution in [2.24, 2.45) is 0 Å². The number of amides is 1. The molecule has 1 N–H and O–H groups in total. The van der Waals surface area contributed by atoms with Crippen LogP contribution >= 0.6 is 11.6 Å². The molecule has 0 bridgehead atoms. The Labute approximate surface area is 291 Å². The molecular formula is C36H53ClN4O6S. The van der Waals surface area contributed by atoms with Gasteiger partial charge in [-0.15, -0.1) is 11.6 Å². The second-order valence-corrected chi connectivity index (χ2v) is 14.9. The maximum Gasteiger partial charge on any atom is 0.261 e.